The van der Waals surface area contributed by atoms with E-state index in [1.165, 1.54) is 6.07 Å². The van der Waals surface area contributed by atoms with E-state index in [0.717, 1.165) is 12.6 Å². The molecule has 0 bridgehead atoms. The fourth-order valence-corrected chi connectivity index (χ4v) is 2.42. The van der Waals surface area contributed by atoms with Crippen molar-refractivity contribution >= 4 is 5.69 Å². The van der Waals surface area contributed by atoms with Gasteiger partial charge in [-0.3, -0.25) is 0 Å². The third-order valence-corrected chi connectivity index (χ3v) is 3.26. The molecule has 21 heavy (non-hydrogen) atoms. The molecular formula is C15H20F3N3. The van der Waals surface area contributed by atoms with E-state index in [2.05, 4.69) is 0 Å². The van der Waals surface area contributed by atoms with Gasteiger partial charge in [0.25, 0.3) is 0 Å². The van der Waals surface area contributed by atoms with Crippen molar-refractivity contribution < 1.29 is 13.2 Å². The molecule has 0 aliphatic carbocycles. The van der Waals surface area contributed by atoms with Crippen molar-refractivity contribution in [1.82, 2.24) is 4.90 Å². The molecule has 0 heterocycles. The SMILES string of the molecule is CCN(c1ccc(C#N)c(C(F)(F)F)c1)C(C)CN(C)C. The predicted molar refractivity (Wildman–Crippen MR) is 77.2 cm³/mol. The Bertz CT molecular complexity index is 518. The Kier molecular flexibility index (Phi) is 5.62. The van der Waals surface area contributed by atoms with E-state index in [9.17, 15) is 13.2 Å². The lowest BCUT2D eigenvalue weighted by Gasteiger charge is -2.32. The van der Waals surface area contributed by atoms with Gasteiger partial charge in [-0.05, 0) is 46.1 Å². The molecule has 1 rings (SSSR count). The van der Waals surface area contributed by atoms with Gasteiger partial charge in [0.2, 0.25) is 0 Å². The first kappa shape index (κ1) is 17.3. The van der Waals surface area contributed by atoms with Crippen LogP contribution in [0.5, 0.6) is 0 Å². The van der Waals surface area contributed by atoms with Crippen LogP contribution in [-0.2, 0) is 6.18 Å². The third-order valence-electron chi connectivity index (χ3n) is 3.26. The van der Waals surface area contributed by atoms with E-state index < -0.39 is 11.7 Å². The van der Waals surface area contributed by atoms with E-state index in [4.69, 9.17) is 5.26 Å². The van der Waals surface area contributed by atoms with E-state index in [1.807, 2.05) is 37.7 Å². The smallest absolute Gasteiger partial charge is 0.368 e. The standard InChI is InChI=1S/C15H20F3N3/c1-5-21(11(2)10-20(3)4)13-7-6-12(9-19)14(8-13)15(16,17)18/h6-8,11H,5,10H2,1-4H3. The van der Waals surface area contributed by atoms with Gasteiger partial charge in [0.05, 0.1) is 17.2 Å². The topological polar surface area (TPSA) is 30.3 Å². The maximum atomic E-state index is 13.0. The lowest BCUT2D eigenvalue weighted by atomic mass is 10.1. The summed E-state index contributed by atoms with van der Waals surface area (Å²) in [5.74, 6) is 0. The molecule has 1 aromatic rings. The minimum atomic E-state index is -4.52. The number of nitriles is 1. The lowest BCUT2D eigenvalue weighted by Crippen LogP contribution is -2.40. The van der Waals surface area contributed by atoms with Crippen LogP contribution in [0.1, 0.15) is 25.0 Å². The Hall–Kier alpha value is -1.74. The van der Waals surface area contributed by atoms with Gasteiger partial charge in [0.15, 0.2) is 0 Å². The Morgan fingerprint density at radius 2 is 1.90 bits per heavy atom. The van der Waals surface area contributed by atoms with E-state index in [-0.39, 0.29) is 11.6 Å². The molecule has 0 aromatic heterocycles. The number of halogens is 3. The number of hydrogen-bond acceptors (Lipinski definition) is 3. The largest absolute Gasteiger partial charge is 0.417 e. The van der Waals surface area contributed by atoms with Crippen LogP contribution in [0.4, 0.5) is 18.9 Å². The van der Waals surface area contributed by atoms with Crippen LogP contribution < -0.4 is 4.90 Å². The monoisotopic (exact) mass is 299 g/mol. The van der Waals surface area contributed by atoms with Crippen molar-refractivity contribution in [3.8, 4) is 6.07 Å². The highest BCUT2D eigenvalue weighted by Crippen LogP contribution is 2.34. The minimum absolute atomic E-state index is 0.0685. The van der Waals surface area contributed by atoms with Gasteiger partial charge in [-0.15, -0.1) is 0 Å². The van der Waals surface area contributed by atoms with Crippen LogP contribution in [0.3, 0.4) is 0 Å². The van der Waals surface area contributed by atoms with Gasteiger partial charge < -0.3 is 9.80 Å². The predicted octanol–water partition coefficient (Wildman–Crippen LogP) is 3.35. The van der Waals surface area contributed by atoms with Gasteiger partial charge in [0, 0.05) is 24.8 Å². The van der Waals surface area contributed by atoms with Crippen LogP contribution >= 0.6 is 0 Å². The first-order valence-corrected chi connectivity index (χ1v) is 6.73. The number of nitrogens with zero attached hydrogens (tertiary/aromatic N) is 3. The minimum Gasteiger partial charge on any atom is -0.368 e. The van der Waals surface area contributed by atoms with Gasteiger partial charge >= 0.3 is 6.18 Å². The number of anilines is 1. The van der Waals surface area contributed by atoms with Crippen molar-refractivity contribution in [3.63, 3.8) is 0 Å². The molecule has 0 radical (unpaired) electrons. The van der Waals surface area contributed by atoms with Crippen molar-refractivity contribution in [2.75, 3.05) is 32.1 Å². The molecule has 0 spiro atoms. The number of alkyl halides is 3. The molecule has 0 saturated heterocycles. The fraction of sp³-hybridized carbons (Fsp3) is 0.533. The van der Waals surface area contributed by atoms with Crippen LogP contribution in [0.25, 0.3) is 0 Å². The second-order valence-electron chi connectivity index (χ2n) is 5.24. The van der Waals surface area contributed by atoms with Crippen molar-refractivity contribution in [3.05, 3.63) is 29.3 Å². The van der Waals surface area contributed by atoms with Gasteiger partial charge in [-0.25, -0.2) is 0 Å². The number of likely N-dealkylation sites (N-methyl/N-ethyl adjacent to an activating group) is 2. The normalized spacial score (nSPS) is 13.1. The Morgan fingerprint density at radius 1 is 1.29 bits per heavy atom. The van der Waals surface area contributed by atoms with Gasteiger partial charge in [0.1, 0.15) is 0 Å². The summed E-state index contributed by atoms with van der Waals surface area (Å²) >= 11 is 0. The molecule has 0 amide bonds. The molecule has 0 saturated carbocycles. The summed E-state index contributed by atoms with van der Waals surface area (Å²) in [7, 11) is 3.84. The molecule has 116 valence electrons. The Balaban J connectivity index is 3.21. The summed E-state index contributed by atoms with van der Waals surface area (Å²) in [6.45, 7) is 5.19. The van der Waals surface area contributed by atoms with Crippen molar-refractivity contribution in [1.29, 1.82) is 5.26 Å². The third kappa shape index (κ3) is 4.36. The highest BCUT2D eigenvalue weighted by atomic mass is 19.4. The van der Waals surface area contributed by atoms with Crippen LogP contribution in [0.15, 0.2) is 18.2 Å². The quantitative estimate of drug-likeness (QED) is 0.835. The number of rotatable bonds is 5. The van der Waals surface area contributed by atoms with Crippen LogP contribution in [0, 0.1) is 11.3 Å². The highest BCUT2D eigenvalue weighted by molar-refractivity contribution is 5.55. The summed E-state index contributed by atoms with van der Waals surface area (Å²) in [5.41, 5.74) is -0.737. The molecule has 6 heteroatoms. The summed E-state index contributed by atoms with van der Waals surface area (Å²) in [5, 5.41) is 8.83. The maximum absolute atomic E-state index is 13.0. The highest BCUT2D eigenvalue weighted by Gasteiger charge is 2.34. The molecule has 0 N–H and O–H groups in total. The van der Waals surface area contributed by atoms with Crippen molar-refractivity contribution in [2.45, 2.75) is 26.1 Å². The maximum Gasteiger partial charge on any atom is 0.417 e. The fourth-order valence-electron chi connectivity index (χ4n) is 2.42. The average molecular weight is 299 g/mol. The second kappa shape index (κ2) is 6.81. The first-order chi connectivity index (χ1) is 9.70. The average Bonchev–Trinajstić information content (AvgIpc) is 2.37. The van der Waals surface area contributed by atoms with Crippen molar-refractivity contribution in [2.24, 2.45) is 0 Å². The van der Waals surface area contributed by atoms with E-state index in [0.29, 0.717) is 12.2 Å². The van der Waals surface area contributed by atoms with Crippen LogP contribution in [-0.4, -0.2) is 38.1 Å². The molecule has 0 fully saturated rings. The number of benzene rings is 1. The molecule has 0 aliphatic heterocycles. The van der Waals surface area contributed by atoms with Gasteiger partial charge in [-0.2, -0.15) is 18.4 Å². The molecular weight excluding hydrogens is 279 g/mol. The number of hydrogen-bond donors (Lipinski definition) is 0. The zero-order chi connectivity index (χ0) is 16.2. The van der Waals surface area contributed by atoms with E-state index in [1.54, 1.807) is 12.1 Å². The zero-order valence-corrected chi connectivity index (χ0v) is 12.7. The molecule has 3 nitrogen and oxygen atoms in total. The van der Waals surface area contributed by atoms with E-state index >= 15 is 0 Å². The first-order valence-electron chi connectivity index (χ1n) is 6.73. The second-order valence-corrected chi connectivity index (χ2v) is 5.24. The summed E-state index contributed by atoms with van der Waals surface area (Å²) < 4.78 is 39.0. The zero-order valence-electron chi connectivity index (χ0n) is 12.7. The molecule has 1 atom stereocenters. The lowest BCUT2D eigenvalue weighted by molar-refractivity contribution is -0.137. The summed E-state index contributed by atoms with van der Waals surface area (Å²) in [6, 6.07) is 5.55. The molecule has 0 aliphatic rings. The Labute approximate surface area is 123 Å². The molecule has 1 unspecified atom stereocenters. The Morgan fingerprint density at radius 3 is 2.33 bits per heavy atom. The van der Waals surface area contributed by atoms with Crippen LogP contribution in [0.2, 0.25) is 0 Å². The summed E-state index contributed by atoms with van der Waals surface area (Å²) in [4.78, 5) is 3.89. The van der Waals surface area contributed by atoms with Gasteiger partial charge in [-0.1, -0.05) is 0 Å². The molecule has 1 aromatic carbocycles. The summed E-state index contributed by atoms with van der Waals surface area (Å²) in [6.07, 6.45) is -4.52.